The van der Waals surface area contributed by atoms with Crippen LogP contribution < -0.4 is 14.8 Å². The van der Waals surface area contributed by atoms with Crippen molar-refractivity contribution in [1.82, 2.24) is 5.32 Å². The lowest BCUT2D eigenvalue weighted by molar-refractivity contribution is -0.127. The van der Waals surface area contributed by atoms with E-state index in [0.717, 1.165) is 39.3 Å². The second kappa shape index (κ2) is 10.0. The van der Waals surface area contributed by atoms with Crippen LogP contribution in [0.3, 0.4) is 0 Å². The number of benzene rings is 2. The number of hydrogen-bond acceptors (Lipinski definition) is 3. The van der Waals surface area contributed by atoms with Crippen LogP contribution in [-0.4, -0.2) is 19.1 Å². The maximum atomic E-state index is 12.9. The average Bonchev–Trinajstić information content (AvgIpc) is 2.66. The number of amides is 1. The number of methoxy groups -OCH3 is 1. The molecule has 0 bridgehead atoms. The highest BCUT2D eigenvalue weighted by molar-refractivity contribution is 5.81. The average molecular weight is 412 g/mol. The molecule has 4 nitrogen and oxygen atoms in total. The van der Waals surface area contributed by atoms with E-state index >= 15 is 0 Å². The molecule has 30 heavy (non-hydrogen) atoms. The molecule has 0 fully saturated rings. The second-order valence-electron chi connectivity index (χ2n) is 8.79. The van der Waals surface area contributed by atoms with Crippen LogP contribution in [0.4, 0.5) is 0 Å². The van der Waals surface area contributed by atoms with Crippen LogP contribution in [-0.2, 0) is 4.79 Å². The Balaban J connectivity index is 2.18. The van der Waals surface area contributed by atoms with Crippen molar-refractivity contribution in [2.75, 3.05) is 7.11 Å². The molecule has 164 valence electrons. The van der Waals surface area contributed by atoms with Gasteiger partial charge in [0.1, 0.15) is 11.5 Å². The van der Waals surface area contributed by atoms with Crippen molar-refractivity contribution in [3.63, 3.8) is 0 Å². The van der Waals surface area contributed by atoms with Gasteiger partial charge >= 0.3 is 0 Å². The van der Waals surface area contributed by atoms with E-state index in [2.05, 4.69) is 57.3 Å². The first-order valence-corrected chi connectivity index (χ1v) is 10.8. The maximum absolute atomic E-state index is 12.9. The van der Waals surface area contributed by atoms with E-state index in [-0.39, 0.29) is 11.9 Å². The van der Waals surface area contributed by atoms with Crippen LogP contribution in [0.2, 0.25) is 0 Å². The third-order valence-corrected chi connectivity index (χ3v) is 5.53. The van der Waals surface area contributed by atoms with E-state index in [1.165, 1.54) is 0 Å². The van der Waals surface area contributed by atoms with Crippen LogP contribution in [0.1, 0.15) is 87.2 Å². The number of rotatable bonds is 8. The monoisotopic (exact) mass is 411 g/mol. The van der Waals surface area contributed by atoms with E-state index in [9.17, 15) is 4.79 Å². The molecule has 2 rings (SSSR count). The molecule has 1 amide bonds. The van der Waals surface area contributed by atoms with E-state index in [4.69, 9.17) is 9.47 Å². The van der Waals surface area contributed by atoms with Gasteiger partial charge in [0.2, 0.25) is 0 Å². The standard InChI is InChI=1S/C26H37NO3/c1-15(2)21-11-10-17(5)12-25(21)30-20(8)26(28)27-19(7)23-14-22(16(3)4)24(29-9)13-18(23)6/h10-16,19-20H,1-9H3,(H,27,28). The molecular formula is C26H37NO3. The van der Waals surface area contributed by atoms with Gasteiger partial charge in [-0.25, -0.2) is 0 Å². The Hall–Kier alpha value is -2.49. The van der Waals surface area contributed by atoms with Gasteiger partial charge in [-0.3, -0.25) is 4.79 Å². The number of carbonyl (C=O) groups is 1. The van der Waals surface area contributed by atoms with Gasteiger partial charge in [0, 0.05) is 0 Å². The van der Waals surface area contributed by atoms with Crippen molar-refractivity contribution in [3.8, 4) is 11.5 Å². The van der Waals surface area contributed by atoms with Crippen molar-refractivity contribution in [1.29, 1.82) is 0 Å². The summed E-state index contributed by atoms with van der Waals surface area (Å²) in [4.78, 5) is 12.9. The van der Waals surface area contributed by atoms with Crippen LogP contribution in [0.25, 0.3) is 0 Å². The van der Waals surface area contributed by atoms with Crippen molar-refractivity contribution >= 4 is 5.91 Å². The smallest absolute Gasteiger partial charge is 0.261 e. The summed E-state index contributed by atoms with van der Waals surface area (Å²) in [5.74, 6) is 2.21. The largest absolute Gasteiger partial charge is 0.496 e. The Morgan fingerprint density at radius 2 is 1.47 bits per heavy atom. The quantitative estimate of drug-likeness (QED) is 0.562. The predicted molar refractivity (Wildman–Crippen MR) is 124 cm³/mol. The Morgan fingerprint density at radius 3 is 2.03 bits per heavy atom. The summed E-state index contributed by atoms with van der Waals surface area (Å²) in [6, 6.07) is 10.2. The summed E-state index contributed by atoms with van der Waals surface area (Å²) in [5.41, 5.74) is 5.56. The first kappa shape index (κ1) is 23.8. The van der Waals surface area contributed by atoms with Crippen LogP contribution >= 0.6 is 0 Å². The molecule has 0 aromatic heterocycles. The fourth-order valence-electron chi connectivity index (χ4n) is 3.68. The summed E-state index contributed by atoms with van der Waals surface area (Å²) in [6.45, 7) is 16.4. The topological polar surface area (TPSA) is 47.6 Å². The molecule has 1 N–H and O–H groups in total. The summed E-state index contributed by atoms with van der Waals surface area (Å²) >= 11 is 0. The lowest BCUT2D eigenvalue weighted by atomic mass is 9.93. The van der Waals surface area contributed by atoms with Gasteiger partial charge in [-0.15, -0.1) is 0 Å². The van der Waals surface area contributed by atoms with Gasteiger partial charge in [0.25, 0.3) is 5.91 Å². The molecule has 0 aliphatic rings. The SMILES string of the molecule is COc1cc(C)c(C(C)NC(=O)C(C)Oc2cc(C)ccc2C(C)C)cc1C(C)C. The van der Waals surface area contributed by atoms with Crippen LogP contribution in [0, 0.1) is 13.8 Å². The van der Waals surface area contributed by atoms with Crippen molar-refractivity contribution in [2.24, 2.45) is 0 Å². The molecular weight excluding hydrogens is 374 g/mol. The highest BCUT2D eigenvalue weighted by Gasteiger charge is 2.22. The highest BCUT2D eigenvalue weighted by Crippen LogP contribution is 2.32. The molecule has 0 spiro atoms. The minimum absolute atomic E-state index is 0.125. The van der Waals surface area contributed by atoms with E-state index in [1.54, 1.807) is 14.0 Å². The van der Waals surface area contributed by atoms with Gasteiger partial charge in [0.05, 0.1) is 13.2 Å². The number of aryl methyl sites for hydroxylation is 2. The first-order chi connectivity index (χ1) is 14.0. The Bertz CT molecular complexity index is 886. The van der Waals surface area contributed by atoms with Crippen molar-refractivity contribution in [3.05, 3.63) is 58.1 Å². The summed E-state index contributed by atoms with van der Waals surface area (Å²) in [6.07, 6.45) is -0.588. The zero-order valence-corrected chi connectivity index (χ0v) is 19.9. The predicted octanol–water partition coefficient (Wildman–Crippen LogP) is 6.20. The lowest BCUT2D eigenvalue weighted by Gasteiger charge is -2.23. The summed E-state index contributed by atoms with van der Waals surface area (Å²) in [5, 5.41) is 3.12. The number of nitrogens with one attached hydrogen (secondary N) is 1. The Morgan fingerprint density at radius 1 is 0.833 bits per heavy atom. The van der Waals surface area contributed by atoms with E-state index in [1.807, 2.05) is 26.8 Å². The van der Waals surface area contributed by atoms with Gasteiger partial charge in [0.15, 0.2) is 6.10 Å². The molecule has 0 aliphatic carbocycles. The second-order valence-corrected chi connectivity index (χ2v) is 8.79. The molecule has 0 aliphatic heterocycles. The van der Waals surface area contributed by atoms with Gasteiger partial charge in [-0.2, -0.15) is 0 Å². The van der Waals surface area contributed by atoms with Gasteiger partial charge in [-0.05, 0) is 85.5 Å². The zero-order valence-electron chi connectivity index (χ0n) is 19.9. The minimum Gasteiger partial charge on any atom is -0.496 e. The third kappa shape index (κ3) is 5.56. The lowest BCUT2D eigenvalue weighted by Crippen LogP contribution is -2.38. The summed E-state index contributed by atoms with van der Waals surface area (Å²) in [7, 11) is 1.70. The fourth-order valence-corrected chi connectivity index (χ4v) is 3.68. The van der Waals surface area contributed by atoms with E-state index < -0.39 is 6.10 Å². The zero-order chi connectivity index (χ0) is 22.6. The third-order valence-electron chi connectivity index (χ3n) is 5.53. The van der Waals surface area contributed by atoms with Gasteiger partial charge < -0.3 is 14.8 Å². The molecule has 0 heterocycles. The first-order valence-electron chi connectivity index (χ1n) is 10.8. The maximum Gasteiger partial charge on any atom is 0.261 e. The summed E-state index contributed by atoms with van der Waals surface area (Å²) < 4.78 is 11.6. The van der Waals surface area contributed by atoms with Crippen molar-refractivity contribution < 1.29 is 14.3 Å². The van der Waals surface area contributed by atoms with E-state index in [0.29, 0.717) is 11.8 Å². The Labute approximate surface area is 182 Å². The number of ether oxygens (including phenoxy) is 2. The highest BCUT2D eigenvalue weighted by atomic mass is 16.5. The molecule has 2 aromatic rings. The van der Waals surface area contributed by atoms with Gasteiger partial charge in [-0.1, -0.05) is 39.8 Å². The molecule has 0 saturated heterocycles. The number of carbonyl (C=O) groups excluding carboxylic acids is 1. The number of hydrogen-bond donors (Lipinski definition) is 1. The molecule has 2 atom stereocenters. The molecule has 4 heteroatoms. The van der Waals surface area contributed by atoms with Crippen molar-refractivity contribution in [2.45, 2.75) is 79.4 Å². The normalized spacial score (nSPS) is 13.3. The molecule has 2 unspecified atom stereocenters. The molecule has 0 radical (unpaired) electrons. The Kier molecular flexibility index (Phi) is 7.94. The minimum atomic E-state index is -0.588. The van der Waals surface area contributed by atoms with Crippen LogP contribution in [0.15, 0.2) is 30.3 Å². The molecule has 2 aromatic carbocycles. The fraction of sp³-hybridized carbons (Fsp3) is 0.500. The molecule has 0 saturated carbocycles. The van der Waals surface area contributed by atoms with Crippen LogP contribution in [0.5, 0.6) is 11.5 Å².